The van der Waals surface area contributed by atoms with Crippen molar-refractivity contribution in [2.75, 3.05) is 13.6 Å². The Balaban J connectivity index is 1.78. The second kappa shape index (κ2) is 9.33. The number of para-hydroxylation sites is 2. The number of aromatic nitrogens is 2. The van der Waals surface area contributed by atoms with Gasteiger partial charge in [-0.3, -0.25) is 4.79 Å². The molecule has 3 aromatic rings. The van der Waals surface area contributed by atoms with Gasteiger partial charge in [0.15, 0.2) is 0 Å². The summed E-state index contributed by atoms with van der Waals surface area (Å²) in [6.07, 6.45) is 2.08. The van der Waals surface area contributed by atoms with Crippen molar-refractivity contribution in [2.45, 2.75) is 59.1 Å². The lowest BCUT2D eigenvalue weighted by Crippen LogP contribution is -2.31. The lowest BCUT2D eigenvalue weighted by Gasteiger charge is -2.19. The lowest BCUT2D eigenvalue weighted by atomic mass is 9.87. The molecule has 5 nitrogen and oxygen atoms in total. The van der Waals surface area contributed by atoms with Gasteiger partial charge in [0.2, 0.25) is 5.91 Å². The Hall–Kier alpha value is -2.82. The lowest BCUT2D eigenvalue weighted by molar-refractivity contribution is -0.130. The quantitative estimate of drug-likeness (QED) is 0.517. The van der Waals surface area contributed by atoms with E-state index in [0.29, 0.717) is 6.61 Å². The molecule has 1 amide bonds. The Kier molecular flexibility index (Phi) is 6.80. The molecule has 160 valence electrons. The van der Waals surface area contributed by atoms with E-state index in [4.69, 9.17) is 9.72 Å². The van der Waals surface area contributed by atoms with Crippen molar-refractivity contribution in [2.24, 2.45) is 0 Å². The molecule has 0 saturated heterocycles. The third-order valence-electron chi connectivity index (χ3n) is 5.39. The highest BCUT2D eigenvalue weighted by Crippen LogP contribution is 2.25. The van der Waals surface area contributed by atoms with E-state index in [1.165, 1.54) is 5.56 Å². The fourth-order valence-electron chi connectivity index (χ4n) is 3.39. The molecular weight excluding hydrogens is 374 g/mol. The predicted octanol–water partition coefficient (Wildman–Crippen LogP) is 5.17. The fraction of sp³-hybridized carbons (Fsp3) is 0.440. The summed E-state index contributed by atoms with van der Waals surface area (Å²) in [6, 6.07) is 16.1. The summed E-state index contributed by atoms with van der Waals surface area (Å²) in [6.45, 7) is 10.1. The Bertz CT molecular complexity index is 984. The van der Waals surface area contributed by atoms with Crippen molar-refractivity contribution in [1.82, 2.24) is 14.5 Å². The van der Waals surface area contributed by atoms with Gasteiger partial charge in [-0.2, -0.15) is 0 Å². The average Bonchev–Trinajstić information content (AvgIpc) is 3.07. The number of fused-ring (bicyclic) bond motifs is 1. The van der Waals surface area contributed by atoms with Crippen molar-refractivity contribution in [3.8, 4) is 5.75 Å². The molecule has 0 atom stereocenters. The van der Waals surface area contributed by atoms with Gasteiger partial charge >= 0.3 is 0 Å². The normalized spacial score (nSPS) is 11.6. The first-order valence-electron chi connectivity index (χ1n) is 10.7. The Morgan fingerprint density at radius 1 is 1.10 bits per heavy atom. The standard InChI is InChI=1S/C25H33N3O2/c1-6-7-16-27(5)24(29)17-28-22-11-9-8-10-21(22)26-23(28)18-30-20-14-12-19(13-15-20)25(2,3)4/h8-15H,6-7,16-18H2,1-5H3. The Morgan fingerprint density at radius 3 is 2.47 bits per heavy atom. The van der Waals surface area contributed by atoms with Crippen molar-refractivity contribution in [1.29, 1.82) is 0 Å². The van der Waals surface area contributed by atoms with Crippen molar-refractivity contribution in [3.63, 3.8) is 0 Å². The first kappa shape index (κ1) is 21.9. The summed E-state index contributed by atoms with van der Waals surface area (Å²) in [4.78, 5) is 19.3. The molecule has 0 aliphatic carbocycles. The monoisotopic (exact) mass is 407 g/mol. The molecule has 0 fully saturated rings. The summed E-state index contributed by atoms with van der Waals surface area (Å²) in [5.41, 5.74) is 3.21. The smallest absolute Gasteiger partial charge is 0.242 e. The van der Waals surface area contributed by atoms with Crippen LogP contribution in [0.5, 0.6) is 5.75 Å². The number of carbonyl (C=O) groups is 1. The number of amides is 1. The van der Waals surface area contributed by atoms with Crippen LogP contribution in [0.2, 0.25) is 0 Å². The van der Waals surface area contributed by atoms with Crippen LogP contribution in [-0.2, 0) is 23.4 Å². The summed E-state index contributed by atoms with van der Waals surface area (Å²) in [5, 5.41) is 0. The van der Waals surface area contributed by atoms with Gasteiger partial charge in [0.25, 0.3) is 0 Å². The number of likely N-dealkylation sites (N-methyl/N-ethyl adjacent to an activating group) is 1. The number of ether oxygens (including phenoxy) is 1. The number of imidazole rings is 1. The topological polar surface area (TPSA) is 47.4 Å². The van der Waals surface area contributed by atoms with Gasteiger partial charge in [0, 0.05) is 13.6 Å². The highest BCUT2D eigenvalue weighted by molar-refractivity contribution is 5.81. The summed E-state index contributed by atoms with van der Waals surface area (Å²) >= 11 is 0. The summed E-state index contributed by atoms with van der Waals surface area (Å²) < 4.78 is 8.00. The molecular formula is C25H33N3O2. The third kappa shape index (κ3) is 5.21. The summed E-state index contributed by atoms with van der Waals surface area (Å²) in [7, 11) is 1.87. The third-order valence-corrected chi connectivity index (χ3v) is 5.39. The van der Waals surface area contributed by atoms with Crippen LogP contribution >= 0.6 is 0 Å². The van der Waals surface area contributed by atoms with Gasteiger partial charge < -0.3 is 14.2 Å². The molecule has 0 radical (unpaired) electrons. The van der Waals surface area contributed by atoms with E-state index in [-0.39, 0.29) is 17.9 Å². The predicted molar refractivity (Wildman–Crippen MR) is 122 cm³/mol. The largest absolute Gasteiger partial charge is 0.486 e. The van der Waals surface area contributed by atoms with Gasteiger partial charge in [-0.1, -0.05) is 58.4 Å². The first-order valence-corrected chi connectivity index (χ1v) is 10.7. The second-order valence-corrected chi connectivity index (χ2v) is 8.83. The van der Waals surface area contributed by atoms with Gasteiger partial charge in [0.05, 0.1) is 11.0 Å². The molecule has 2 aromatic carbocycles. The van der Waals surface area contributed by atoms with Crippen LogP contribution in [0.1, 0.15) is 51.9 Å². The van der Waals surface area contributed by atoms with Crippen LogP contribution in [0.15, 0.2) is 48.5 Å². The van der Waals surface area contributed by atoms with Crippen LogP contribution in [0.3, 0.4) is 0 Å². The number of hydrogen-bond donors (Lipinski definition) is 0. The molecule has 0 saturated carbocycles. The number of benzene rings is 2. The van der Waals surface area contributed by atoms with E-state index in [1.807, 2.05) is 48.0 Å². The van der Waals surface area contributed by atoms with Crippen LogP contribution in [0.4, 0.5) is 0 Å². The first-order chi connectivity index (χ1) is 14.3. The molecule has 3 rings (SSSR count). The Labute approximate surface area is 179 Å². The number of nitrogens with zero attached hydrogens (tertiary/aromatic N) is 3. The number of hydrogen-bond acceptors (Lipinski definition) is 3. The molecule has 0 unspecified atom stereocenters. The number of unbranched alkanes of at least 4 members (excludes halogenated alkanes) is 1. The molecule has 5 heteroatoms. The number of carbonyl (C=O) groups excluding carboxylic acids is 1. The average molecular weight is 408 g/mol. The SMILES string of the molecule is CCCCN(C)C(=O)Cn1c(COc2ccc(C(C)(C)C)cc2)nc2ccccc21. The maximum atomic E-state index is 12.8. The van der Waals surface area contributed by atoms with E-state index in [9.17, 15) is 4.79 Å². The van der Waals surface area contributed by atoms with Gasteiger partial charge in [-0.25, -0.2) is 4.98 Å². The minimum Gasteiger partial charge on any atom is -0.486 e. The zero-order valence-corrected chi connectivity index (χ0v) is 18.8. The molecule has 0 aliphatic rings. The fourth-order valence-corrected chi connectivity index (χ4v) is 3.39. The molecule has 1 aromatic heterocycles. The van der Waals surface area contributed by atoms with Crippen LogP contribution in [0.25, 0.3) is 11.0 Å². The van der Waals surface area contributed by atoms with Crippen LogP contribution in [-0.4, -0.2) is 34.0 Å². The molecule has 0 bridgehead atoms. The molecule has 0 N–H and O–H groups in total. The second-order valence-electron chi connectivity index (χ2n) is 8.83. The zero-order valence-electron chi connectivity index (χ0n) is 18.8. The minimum atomic E-state index is 0.0855. The van der Waals surface area contributed by atoms with E-state index >= 15 is 0 Å². The minimum absolute atomic E-state index is 0.0855. The van der Waals surface area contributed by atoms with Crippen molar-refractivity contribution in [3.05, 3.63) is 59.9 Å². The van der Waals surface area contributed by atoms with Crippen LogP contribution in [0, 0.1) is 0 Å². The molecule has 1 heterocycles. The highest BCUT2D eigenvalue weighted by atomic mass is 16.5. The molecule has 0 spiro atoms. The van der Waals surface area contributed by atoms with E-state index in [2.05, 4.69) is 39.8 Å². The Morgan fingerprint density at radius 2 is 1.80 bits per heavy atom. The summed E-state index contributed by atoms with van der Waals surface area (Å²) in [5.74, 6) is 1.64. The highest BCUT2D eigenvalue weighted by Gasteiger charge is 2.17. The van der Waals surface area contributed by atoms with E-state index in [1.54, 1.807) is 4.90 Å². The zero-order chi connectivity index (χ0) is 21.7. The van der Waals surface area contributed by atoms with Crippen molar-refractivity contribution < 1.29 is 9.53 Å². The van der Waals surface area contributed by atoms with E-state index < -0.39 is 0 Å². The maximum Gasteiger partial charge on any atom is 0.242 e. The van der Waals surface area contributed by atoms with Crippen molar-refractivity contribution >= 4 is 16.9 Å². The van der Waals surface area contributed by atoms with Gasteiger partial charge in [-0.15, -0.1) is 0 Å². The van der Waals surface area contributed by atoms with Crippen LogP contribution < -0.4 is 4.74 Å². The van der Waals surface area contributed by atoms with E-state index in [0.717, 1.165) is 42.0 Å². The van der Waals surface area contributed by atoms with Gasteiger partial charge in [0.1, 0.15) is 24.7 Å². The molecule has 30 heavy (non-hydrogen) atoms. The number of rotatable bonds is 8. The molecule has 0 aliphatic heterocycles. The van der Waals surface area contributed by atoms with Gasteiger partial charge in [-0.05, 0) is 41.7 Å². The maximum absolute atomic E-state index is 12.8.